The van der Waals surface area contributed by atoms with Crippen LogP contribution in [-0.4, -0.2) is 55.0 Å². The van der Waals surface area contributed by atoms with Gasteiger partial charge in [0.1, 0.15) is 11.9 Å². The first kappa shape index (κ1) is 16.5. The highest BCUT2D eigenvalue weighted by atomic mass is 79.9. The molecule has 1 rings (SSSR count). The van der Waals surface area contributed by atoms with E-state index in [1.807, 2.05) is 0 Å². The van der Waals surface area contributed by atoms with Gasteiger partial charge in [-0.3, -0.25) is 9.59 Å². The molecule has 0 bridgehead atoms. The largest absolute Gasteiger partial charge is 0.383 e. The Morgan fingerprint density at radius 3 is 2.80 bits per heavy atom. The zero-order chi connectivity index (χ0) is 15.1. The first-order chi connectivity index (χ1) is 9.43. The second-order valence-electron chi connectivity index (χ2n) is 4.17. The van der Waals surface area contributed by atoms with E-state index in [0.29, 0.717) is 5.82 Å². The lowest BCUT2D eigenvalue weighted by molar-refractivity contribution is -0.135. The summed E-state index contributed by atoms with van der Waals surface area (Å²) in [5, 5.41) is 2.59. The quantitative estimate of drug-likeness (QED) is 0.768. The molecule has 0 saturated carbocycles. The van der Waals surface area contributed by atoms with Crippen molar-refractivity contribution in [2.45, 2.75) is 6.04 Å². The fraction of sp³-hybridized carbons (Fsp3) is 0.417. The highest BCUT2D eigenvalue weighted by molar-refractivity contribution is 9.10. The third kappa shape index (κ3) is 5.24. The van der Waals surface area contributed by atoms with Crippen LogP contribution in [-0.2, 0) is 14.3 Å². The molecule has 8 heteroatoms. The van der Waals surface area contributed by atoms with Gasteiger partial charge in [-0.05, 0) is 28.1 Å². The molecule has 0 spiro atoms. The van der Waals surface area contributed by atoms with Gasteiger partial charge < -0.3 is 20.7 Å². The van der Waals surface area contributed by atoms with Gasteiger partial charge in [-0.2, -0.15) is 0 Å². The van der Waals surface area contributed by atoms with Crippen molar-refractivity contribution in [2.75, 3.05) is 32.6 Å². The fourth-order valence-corrected chi connectivity index (χ4v) is 1.69. The van der Waals surface area contributed by atoms with Gasteiger partial charge >= 0.3 is 0 Å². The number of carbonyl (C=O) groups excluding carboxylic acids is 2. The van der Waals surface area contributed by atoms with Crippen molar-refractivity contribution in [1.29, 1.82) is 0 Å². The lowest BCUT2D eigenvalue weighted by Crippen LogP contribution is -2.46. The van der Waals surface area contributed by atoms with E-state index in [1.165, 1.54) is 19.1 Å². The van der Waals surface area contributed by atoms with E-state index in [-0.39, 0.29) is 25.0 Å². The number of methoxy groups -OCH3 is 1. The molecule has 0 saturated heterocycles. The average Bonchev–Trinajstić information content (AvgIpc) is 2.40. The molecule has 0 aliphatic rings. The molecular formula is C12H17BrN4O3. The number of nitrogens with zero attached hydrogens (tertiary/aromatic N) is 2. The molecule has 0 fully saturated rings. The Hall–Kier alpha value is -1.51. The standard InChI is InChI=1S/C12H17BrN4O3/c1-17(12(19)9(14)7-20-2)6-11(18)16-10-4-3-8(13)5-15-10/h3-5,9H,6-7,14H2,1-2H3,(H,15,16,18). The van der Waals surface area contributed by atoms with Crippen LogP contribution in [0.15, 0.2) is 22.8 Å². The zero-order valence-corrected chi connectivity index (χ0v) is 12.9. The first-order valence-electron chi connectivity index (χ1n) is 5.85. The maximum atomic E-state index is 11.8. The van der Waals surface area contributed by atoms with E-state index < -0.39 is 6.04 Å². The summed E-state index contributed by atoms with van der Waals surface area (Å²) in [6.45, 7) is 0.00700. The SMILES string of the molecule is COCC(N)C(=O)N(C)CC(=O)Nc1ccc(Br)cn1. The lowest BCUT2D eigenvalue weighted by atomic mass is 10.3. The molecule has 7 nitrogen and oxygen atoms in total. The summed E-state index contributed by atoms with van der Waals surface area (Å²) in [6.07, 6.45) is 1.57. The number of aromatic nitrogens is 1. The van der Waals surface area contributed by atoms with Crippen LogP contribution in [0, 0.1) is 0 Å². The molecule has 0 radical (unpaired) electrons. The van der Waals surface area contributed by atoms with Crippen LogP contribution in [0.25, 0.3) is 0 Å². The highest BCUT2D eigenvalue weighted by Crippen LogP contribution is 2.10. The smallest absolute Gasteiger partial charge is 0.245 e. The van der Waals surface area contributed by atoms with Crippen LogP contribution in [0.4, 0.5) is 5.82 Å². The summed E-state index contributed by atoms with van der Waals surface area (Å²) in [5.74, 6) is -0.286. The normalized spacial score (nSPS) is 11.8. The Kier molecular flexibility index (Phi) is 6.56. The number of hydrogen-bond acceptors (Lipinski definition) is 5. The van der Waals surface area contributed by atoms with Crippen molar-refractivity contribution in [3.05, 3.63) is 22.8 Å². The Bertz CT molecular complexity index is 466. The first-order valence-corrected chi connectivity index (χ1v) is 6.64. The van der Waals surface area contributed by atoms with Crippen molar-refractivity contribution in [3.63, 3.8) is 0 Å². The Labute approximate surface area is 125 Å². The van der Waals surface area contributed by atoms with Crippen LogP contribution >= 0.6 is 15.9 Å². The van der Waals surface area contributed by atoms with E-state index in [0.717, 1.165) is 4.47 Å². The van der Waals surface area contributed by atoms with Crippen LogP contribution in [0.3, 0.4) is 0 Å². The highest BCUT2D eigenvalue weighted by Gasteiger charge is 2.19. The molecule has 1 atom stereocenters. The molecular weight excluding hydrogens is 328 g/mol. The van der Waals surface area contributed by atoms with Crippen molar-refractivity contribution < 1.29 is 14.3 Å². The predicted molar refractivity (Wildman–Crippen MR) is 78.1 cm³/mol. The van der Waals surface area contributed by atoms with E-state index in [4.69, 9.17) is 10.5 Å². The van der Waals surface area contributed by atoms with E-state index in [2.05, 4.69) is 26.2 Å². The molecule has 1 heterocycles. The number of amides is 2. The van der Waals surface area contributed by atoms with Crippen LogP contribution in [0.5, 0.6) is 0 Å². The maximum absolute atomic E-state index is 11.8. The Balaban J connectivity index is 2.49. The monoisotopic (exact) mass is 344 g/mol. The summed E-state index contributed by atoms with van der Waals surface area (Å²) >= 11 is 3.25. The second kappa shape index (κ2) is 7.93. The number of nitrogens with one attached hydrogen (secondary N) is 1. The number of carbonyl (C=O) groups is 2. The number of halogens is 1. The molecule has 3 N–H and O–H groups in total. The number of nitrogens with two attached hydrogens (primary N) is 1. The Morgan fingerprint density at radius 1 is 1.55 bits per heavy atom. The van der Waals surface area contributed by atoms with Crippen LogP contribution in [0.2, 0.25) is 0 Å². The molecule has 2 amide bonds. The summed E-state index contributed by atoms with van der Waals surface area (Å²) < 4.78 is 5.61. The number of rotatable bonds is 6. The molecule has 1 aromatic heterocycles. The minimum absolute atomic E-state index is 0.103. The van der Waals surface area contributed by atoms with Gasteiger partial charge in [-0.1, -0.05) is 0 Å². The molecule has 20 heavy (non-hydrogen) atoms. The van der Waals surface area contributed by atoms with E-state index in [1.54, 1.807) is 18.3 Å². The second-order valence-corrected chi connectivity index (χ2v) is 5.08. The Morgan fingerprint density at radius 2 is 2.25 bits per heavy atom. The fourth-order valence-electron chi connectivity index (χ4n) is 1.46. The van der Waals surface area contributed by atoms with Gasteiger partial charge in [0.2, 0.25) is 11.8 Å². The van der Waals surface area contributed by atoms with Crippen molar-refractivity contribution in [1.82, 2.24) is 9.88 Å². The molecule has 0 aromatic carbocycles. The lowest BCUT2D eigenvalue weighted by Gasteiger charge is -2.20. The third-order valence-corrected chi connectivity index (χ3v) is 2.88. The van der Waals surface area contributed by atoms with Crippen molar-refractivity contribution in [2.24, 2.45) is 5.73 Å². The average molecular weight is 345 g/mol. The molecule has 0 aliphatic heterocycles. The maximum Gasteiger partial charge on any atom is 0.245 e. The third-order valence-electron chi connectivity index (χ3n) is 2.42. The van der Waals surface area contributed by atoms with Crippen LogP contribution < -0.4 is 11.1 Å². The number of ether oxygens (including phenoxy) is 1. The van der Waals surface area contributed by atoms with Gasteiger partial charge in [0.15, 0.2) is 0 Å². The van der Waals surface area contributed by atoms with E-state index >= 15 is 0 Å². The van der Waals surface area contributed by atoms with Gasteiger partial charge in [0.05, 0.1) is 13.2 Å². The minimum atomic E-state index is -0.774. The van der Waals surface area contributed by atoms with Gasteiger partial charge in [-0.25, -0.2) is 4.98 Å². The number of pyridine rings is 1. The summed E-state index contributed by atoms with van der Waals surface area (Å²) in [5.41, 5.74) is 5.61. The molecule has 110 valence electrons. The van der Waals surface area contributed by atoms with Gasteiger partial charge in [-0.15, -0.1) is 0 Å². The number of anilines is 1. The molecule has 0 aliphatic carbocycles. The summed E-state index contributed by atoms with van der Waals surface area (Å²) in [7, 11) is 2.96. The van der Waals surface area contributed by atoms with Crippen LogP contribution in [0.1, 0.15) is 0 Å². The number of hydrogen-bond donors (Lipinski definition) is 2. The molecule has 1 aromatic rings. The zero-order valence-electron chi connectivity index (χ0n) is 11.3. The van der Waals surface area contributed by atoms with E-state index in [9.17, 15) is 9.59 Å². The minimum Gasteiger partial charge on any atom is -0.383 e. The topological polar surface area (TPSA) is 97.5 Å². The molecule has 1 unspecified atom stereocenters. The predicted octanol–water partition coefficient (Wildman–Crippen LogP) is 0.215. The summed E-state index contributed by atoms with van der Waals surface area (Å²) in [6, 6.07) is 2.63. The van der Waals surface area contributed by atoms with Crippen molar-refractivity contribution >= 4 is 33.6 Å². The van der Waals surface area contributed by atoms with Crippen molar-refractivity contribution in [3.8, 4) is 0 Å². The van der Waals surface area contributed by atoms with Gasteiger partial charge in [0.25, 0.3) is 0 Å². The number of likely N-dealkylation sites (N-methyl/N-ethyl adjacent to an activating group) is 1. The summed E-state index contributed by atoms with van der Waals surface area (Å²) in [4.78, 5) is 28.8. The van der Waals surface area contributed by atoms with Gasteiger partial charge in [0, 0.05) is 24.8 Å².